The molecule has 74 valence electrons. The van der Waals surface area contributed by atoms with Crippen LogP contribution >= 0.6 is 0 Å². The SMILES string of the molecule is CC#CCC(NN)c1ccc(F)cn1. The van der Waals surface area contributed by atoms with Crippen LogP contribution < -0.4 is 11.3 Å². The van der Waals surface area contributed by atoms with E-state index in [1.165, 1.54) is 12.3 Å². The van der Waals surface area contributed by atoms with Crippen molar-refractivity contribution in [3.05, 3.63) is 29.8 Å². The Kier molecular flexibility index (Phi) is 4.05. The number of rotatable bonds is 3. The third-order valence-corrected chi connectivity index (χ3v) is 1.79. The second kappa shape index (κ2) is 5.32. The highest BCUT2D eigenvalue weighted by Crippen LogP contribution is 2.12. The van der Waals surface area contributed by atoms with Crippen LogP contribution in [0.25, 0.3) is 0 Å². The zero-order valence-corrected chi connectivity index (χ0v) is 7.92. The molecule has 1 unspecified atom stereocenters. The Morgan fingerprint density at radius 1 is 1.64 bits per heavy atom. The summed E-state index contributed by atoms with van der Waals surface area (Å²) in [5.74, 6) is 10.6. The Balaban J connectivity index is 2.76. The van der Waals surface area contributed by atoms with Gasteiger partial charge in [0.25, 0.3) is 0 Å². The molecule has 0 aliphatic heterocycles. The quantitative estimate of drug-likeness (QED) is 0.430. The van der Waals surface area contributed by atoms with Crippen molar-refractivity contribution >= 4 is 0 Å². The first-order chi connectivity index (χ1) is 6.77. The molecule has 4 heteroatoms. The molecular weight excluding hydrogens is 181 g/mol. The molecule has 1 heterocycles. The van der Waals surface area contributed by atoms with Crippen LogP contribution in [0.4, 0.5) is 4.39 Å². The molecule has 1 aromatic rings. The summed E-state index contributed by atoms with van der Waals surface area (Å²) in [7, 11) is 0. The molecule has 1 aromatic heterocycles. The van der Waals surface area contributed by atoms with Crippen molar-refractivity contribution < 1.29 is 4.39 Å². The van der Waals surface area contributed by atoms with E-state index in [-0.39, 0.29) is 11.9 Å². The minimum absolute atomic E-state index is 0.150. The van der Waals surface area contributed by atoms with E-state index in [0.29, 0.717) is 12.1 Å². The fraction of sp³-hybridized carbons (Fsp3) is 0.300. The molecule has 14 heavy (non-hydrogen) atoms. The number of nitrogens with zero attached hydrogens (tertiary/aromatic N) is 1. The summed E-state index contributed by atoms with van der Waals surface area (Å²) in [5.41, 5.74) is 3.28. The molecule has 0 radical (unpaired) electrons. The van der Waals surface area contributed by atoms with Gasteiger partial charge in [0.05, 0.1) is 17.9 Å². The van der Waals surface area contributed by atoms with E-state index in [9.17, 15) is 4.39 Å². The van der Waals surface area contributed by atoms with Crippen LogP contribution in [0.5, 0.6) is 0 Å². The lowest BCUT2D eigenvalue weighted by atomic mass is 10.1. The van der Waals surface area contributed by atoms with Gasteiger partial charge in [-0.2, -0.15) is 0 Å². The lowest BCUT2D eigenvalue weighted by Gasteiger charge is -2.11. The number of hydrazine groups is 1. The van der Waals surface area contributed by atoms with Crippen molar-refractivity contribution in [3.63, 3.8) is 0 Å². The van der Waals surface area contributed by atoms with E-state index in [1.54, 1.807) is 13.0 Å². The molecule has 0 saturated carbocycles. The van der Waals surface area contributed by atoms with Crippen molar-refractivity contribution in [2.45, 2.75) is 19.4 Å². The summed E-state index contributed by atoms with van der Waals surface area (Å²) in [6.07, 6.45) is 1.73. The smallest absolute Gasteiger partial charge is 0.141 e. The second-order valence-corrected chi connectivity index (χ2v) is 2.75. The predicted octanol–water partition coefficient (Wildman–Crippen LogP) is 1.14. The largest absolute Gasteiger partial charge is 0.271 e. The lowest BCUT2D eigenvalue weighted by Crippen LogP contribution is -2.28. The summed E-state index contributed by atoms with van der Waals surface area (Å²) in [5, 5.41) is 0. The first kappa shape index (κ1) is 10.6. The van der Waals surface area contributed by atoms with Crippen molar-refractivity contribution in [2.75, 3.05) is 0 Å². The molecule has 0 spiro atoms. The van der Waals surface area contributed by atoms with Crippen molar-refractivity contribution in [1.82, 2.24) is 10.4 Å². The maximum Gasteiger partial charge on any atom is 0.141 e. The first-order valence-electron chi connectivity index (χ1n) is 4.25. The summed E-state index contributed by atoms with van der Waals surface area (Å²) in [4.78, 5) is 3.92. The second-order valence-electron chi connectivity index (χ2n) is 2.75. The monoisotopic (exact) mass is 193 g/mol. The van der Waals surface area contributed by atoms with Crippen LogP contribution in [0.3, 0.4) is 0 Å². The molecular formula is C10H12FN3. The molecule has 0 aliphatic rings. The summed E-state index contributed by atoms with van der Waals surface area (Å²) in [6, 6.07) is 2.80. The Bertz CT molecular complexity index is 337. The standard InChI is InChI=1S/C10H12FN3/c1-2-3-4-10(14-12)9-6-5-8(11)7-13-9/h5-7,10,14H,4,12H2,1H3. The van der Waals surface area contributed by atoms with E-state index < -0.39 is 0 Å². The van der Waals surface area contributed by atoms with Crippen LogP contribution in [0.15, 0.2) is 18.3 Å². The zero-order chi connectivity index (χ0) is 10.4. The molecule has 0 aliphatic carbocycles. The summed E-state index contributed by atoms with van der Waals surface area (Å²) in [6.45, 7) is 1.76. The van der Waals surface area contributed by atoms with Crippen molar-refractivity contribution in [2.24, 2.45) is 5.84 Å². The lowest BCUT2D eigenvalue weighted by molar-refractivity contribution is 0.547. The van der Waals surface area contributed by atoms with Crippen LogP contribution in [0.1, 0.15) is 25.1 Å². The average molecular weight is 193 g/mol. The predicted molar refractivity (Wildman–Crippen MR) is 52.3 cm³/mol. The highest BCUT2D eigenvalue weighted by atomic mass is 19.1. The molecule has 0 amide bonds. The Labute approximate surface area is 82.5 Å². The number of halogens is 1. The zero-order valence-electron chi connectivity index (χ0n) is 7.92. The maximum absolute atomic E-state index is 12.6. The molecule has 3 nitrogen and oxygen atoms in total. The molecule has 0 aromatic carbocycles. The molecule has 1 rings (SSSR count). The van der Waals surface area contributed by atoms with Crippen molar-refractivity contribution in [3.8, 4) is 11.8 Å². The Morgan fingerprint density at radius 2 is 2.43 bits per heavy atom. The maximum atomic E-state index is 12.6. The number of pyridine rings is 1. The van der Waals surface area contributed by atoms with Gasteiger partial charge in [-0.25, -0.2) is 4.39 Å². The molecule has 0 fully saturated rings. The Morgan fingerprint density at radius 3 is 2.93 bits per heavy atom. The molecule has 3 N–H and O–H groups in total. The van der Waals surface area contributed by atoms with E-state index in [0.717, 1.165) is 0 Å². The van der Waals surface area contributed by atoms with Gasteiger partial charge in [0.2, 0.25) is 0 Å². The van der Waals surface area contributed by atoms with Gasteiger partial charge in [-0.3, -0.25) is 16.3 Å². The van der Waals surface area contributed by atoms with Gasteiger partial charge in [0, 0.05) is 6.42 Å². The summed E-state index contributed by atoms with van der Waals surface area (Å²) >= 11 is 0. The number of hydrogen-bond donors (Lipinski definition) is 2. The van der Waals surface area contributed by atoms with E-state index >= 15 is 0 Å². The number of nitrogens with one attached hydrogen (secondary N) is 1. The van der Waals surface area contributed by atoms with Gasteiger partial charge in [-0.15, -0.1) is 11.8 Å². The van der Waals surface area contributed by atoms with Gasteiger partial charge < -0.3 is 0 Å². The fourth-order valence-electron chi connectivity index (χ4n) is 1.05. The van der Waals surface area contributed by atoms with Crippen LogP contribution in [0.2, 0.25) is 0 Å². The minimum Gasteiger partial charge on any atom is -0.271 e. The third kappa shape index (κ3) is 2.80. The van der Waals surface area contributed by atoms with Gasteiger partial charge >= 0.3 is 0 Å². The van der Waals surface area contributed by atoms with Gasteiger partial charge in [0.1, 0.15) is 5.82 Å². The highest BCUT2D eigenvalue weighted by molar-refractivity contribution is 5.12. The fourth-order valence-corrected chi connectivity index (χ4v) is 1.05. The van der Waals surface area contributed by atoms with E-state index in [1.807, 2.05) is 0 Å². The topological polar surface area (TPSA) is 50.9 Å². The van der Waals surface area contributed by atoms with Crippen LogP contribution in [-0.2, 0) is 0 Å². The van der Waals surface area contributed by atoms with E-state index in [4.69, 9.17) is 5.84 Å². The number of hydrogen-bond acceptors (Lipinski definition) is 3. The highest BCUT2D eigenvalue weighted by Gasteiger charge is 2.08. The van der Waals surface area contributed by atoms with Crippen LogP contribution in [0, 0.1) is 17.7 Å². The average Bonchev–Trinajstić information content (AvgIpc) is 2.21. The van der Waals surface area contributed by atoms with Gasteiger partial charge in [-0.1, -0.05) is 0 Å². The molecule has 1 atom stereocenters. The number of nitrogens with two attached hydrogens (primary N) is 1. The van der Waals surface area contributed by atoms with Gasteiger partial charge in [0.15, 0.2) is 0 Å². The van der Waals surface area contributed by atoms with Crippen LogP contribution in [-0.4, -0.2) is 4.98 Å². The number of aromatic nitrogens is 1. The minimum atomic E-state index is -0.355. The van der Waals surface area contributed by atoms with E-state index in [2.05, 4.69) is 22.3 Å². The Hall–Kier alpha value is -1.44. The van der Waals surface area contributed by atoms with Crippen molar-refractivity contribution in [1.29, 1.82) is 0 Å². The first-order valence-corrected chi connectivity index (χ1v) is 4.25. The molecule has 0 bridgehead atoms. The third-order valence-electron chi connectivity index (χ3n) is 1.79. The summed E-state index contributed by atoms with van der Waals surface area (Å²) < 4.78 is 12.6. The van der Waals surface area contributed by atoms with Gasteiger partial charge in [-0.05, 0) is 19.1 Å². The molecule has 0 saturated heterocycles. The normalized spacial score (nSPS) is 11.6.